The number of H-pyrrole nitrogens is 1. The zero-order valence-electron chi connectivity index (χ0n) is 10.9. The van der Waals surface area contributed by atoms with Crippen molar-refractivity contribution in [3.05, 3.63) is 48.2 Å². The van der Waals surface area contributed by atoms with Crippen molar-refractivity contribution in [2.24, 2.45) is 0 Å². The first kappa shape index (κ1) is 11.9. The van der Waals surface area contributed by atoms with Gasteiger partial charge in [0.25, 0.3) is 0 Å². The largest absolute Gasteiger partial charge is 0.361 e. The molecule has 98 valence electrons. The molecule has 0 aliphatic heterocycles. The Morgan fingerprint density at radius 3 is 3.11 bits per heavy atom. The number of likely N-dealkylation sites (N-methyl/N-ethyl adjacent to an activating group) is 1. The van der Waals surface area contributed by atoms with Crippen molar-refractivity contribution in [2.75, 3.05) is 13.6 Å². The van der Waals surface area contributed by atoms with Crippen LogP contribution < -0.4 is 5.32 Å². The molecule has 0 unspecified atom stereocenters. The van der Waals surface area contributed by atoms with E-state index < -0.39 is 0 Å². The van der Waals surface area contributed by atoms with E-state index in [1.807, 2.05) is 11.7 Å². The molecule has 0 fully saturated rings. The van der Waals surface area contributed by atoms with E-state index in [0.29, 0.717) is 0 Å². The SMILES string of the molecule is CNCCc1c[nH]c2ccc(Cn3cncn3)cc12. The standard InChI is InChI=1S/C14H17N5/c1-15-5-4-12-7-17-14-3-2-11(6-13(12)14)8-19-10-16-9-18-19/h2-3,6-7,9-10,15,17H,4-5,8H2,1H3. The average molecular weight is 255 g/mol. The zero-order chi connectivity index (χ0) is 13.1. The van der Waals surface area contributed by atoms with Crippen LogP contribution in [0.1, 0.15) is 11.1 Å². The van der Waals surface area contributed by atoms with Crippen molar-refractivity contribution in [1.82, 2.24) is 25.1 Å². The van der Waals surface area contributed by atoms with Crippen molar-refractivity contribution in [3.8, 4) is 0 Å². The van der Waals surface area contributed by atoms with Crippen LogP contribution in [0, 0.1) is 0 Å². The van der Waals surface area contributed by atoms with Crippen molar-refractivity contribution < 1.29 is 0 Å². The Labute approximate surface area is 111 Å². The Morgan fingerprint density at radius 2 is 2.32 bits per heavy atom. The lowest BCUT2D eigenvalue weighted by Gasteiger charge is -2.03. The minimum atomic E-state index is 0.757. The summed E-state index contributed by atoms with van der Waals surface area (Å²) in [5.74, 6) is 0. The lowest BCUT2D eigenvalue weighted by atomic mass is 10.1. The van der Waals surface area contributed by atoms with E-state index in [4.69, 9.17) is 0 Å². The number of hydrogen-bond donors (Lipinski definition) is 2. The number of rotatable bonds is 5. The van der Waals surface area contributed by atoms with Gasteiger partial charge in [0.2, 0.25) is 0 Å². The molecule has 3 aromatic rings. The van der Waals surface area contributed by atoms with Gasteiger partial charge in [0.1, 0.15) is 12.7 Å². The maximum Gasteiger partial charge on any atom is 0.137 e. The number of aromatic amines is 1. The third-order valence-corrected chi connectivity index (χ3v) is 3.29. The maximum absolute atomic E-state index is 4.14. The summed E-state index contributed by atoms with van der Waals surface area (Å²) in [5, 5.41) is 8.62. The number of hydrogen-bond acceptors (Lipinski definition) is 3. The van der Waals surface area contributed by atoms with E-state index in [-0.39, 0.29) is 0 Å². The van der Waals surface area contributed by atoms with Gasteiger partial charge in [-0.25, -0.2) is 9.67 Å². The van der Waals surface area contributed by atoms with E-state index >= 15 is 0 Å². The van der Waals surface area contributed by atoms with Crippen LogP contribution in [-0.2, 0) is 13.0 Å². The van der Waals surface area contributed by atoms with E-state index in [2.05, 4.69) is 44.8 Å². The minimum absolute atomic E-state index is 0.757. The molecule has 0 bridgehead atoms. The fraction of sp³-hybridized carbons (Fsp3) is 0.286. The molecule has 0 radical (unpaired) electrons. The second kappa shape index (κ2) is 5.24. The van der Waals surface area contributed by atoms with Gasteiger partial charge in [-0.3, -0.25) is 0 Å². The average Bonchev–Trinajstić information content (AvgIpc) is 3.06. The molecule has 19 heavy (non-hydrogen) atoms. The molecular weight excluding hydrogens is 238 g/mol. The molecule has 2 aromatic heterocycles. The summed E-state index contributed by atoms with van der Waals surface area (Å²) in [5.41, 5.74) is 3.78. The van der Waals surface area contributed by atoms with E-state index in [0.717, 1.165) is 19.5 Å². The fourth-order valence-corrected chi connectivity index (χ4v) is 2.29. The van der Waals surface area contributed by atoms with Crippen LogP contribution in [0.5, 0.6) is 0 Å². The first-order valence-electron chi connectivity index (χ1n) is 6.43. The predicted molar refractivity (Wildman–Crippen MR) is 75.1 cm³/mol. The molecule has 3 rings (SSSR count). The third-order valence-electron chi connectivity index (χ3n) is 3.29. The fourth-order valence-electron chi connectivity index (χ4n) is 2.29. The number of benzene rings is 1. The van der Waals surface area contributed by atoms with Crippen LogP contribution in [0.4, 0.5) is 0 Å². The van der Waals surface area contributed by atoms with Crippen LogP contribution in [-0.4, -0.2) is 33.3 Å². The molecule has 0 saturated heterocycles. The highest BCUT2D eigenvalue weighted by Crippen LogP contribution is 2.20. The van der Waals surface area contributed by atoms with Crippen LogP contribution in [0.3, 0.4) is 0 Å². The number of fused-ring (bicyclic) bond motifs is 1. The summed E-state index contributed by atoms with van der Waals surface area (Å²) in [6, 6.07) is 6.49. The summed E-state index contributed by atoms with van der Waals surface area (Å²) in [4.78, 5) is 7.29. The Morgan fingerprint density at radius 1 is 1.37 bits per heavy atom. The summed E-state index contributed by atoms with van der Waals surface area (Å²) >= 11 is 0. The van der Waals surface area contributed by atoms with Gasteiger partial charge in [0.05, 0.1) is 6.54 Å². The molecule has 2 heterocycles. The molecule has 0 saturated carbocycles. The van der Waals surface area contributed by atoms with Crippen molar-refractivity contribution in [3.63, 3.8) is 0 Å². The highest BCUT2D eigenvalue weighted by Gasteiger charge is 2.05. The van der Waals surface area contributed by atoms with Gasteiger partial charge in [-0.1, -0.05) is 6.07 Å². The normalized spacial score (nSPS) is 11.2. The molecule has 0 amide bonds. The summed E-state index contributed by atoms with van der Waals surface area (Å²) in [6.07, 6.45) is 6.43. The Kier molecular flexibility index (Phi) is 3.29. The molecule has 0 spiro atoms. The van der Waals surface area contributed by atoms with Crippen LogP contribution in [0.25, 0.3) is 10.9 Å². The van der Waals surface area contributed by atoms with Crippen molar-refractivity contribution in [1.29, 1.82) is 0 Å². The summed E-state index contributed by atoms with van der Waals surface area (Å²) < 4.78 is 1.83. The molecule has 5 heteroatoms. The van der Waals surface area contributed by atoms with Crippen molar-refractivity contribution in [2.45, 2.75) is 13.0 Å². The number of nitrogens with zero attached hydrogens (tertiary/aromatic N) is 3. The summed E-state index contributed by atoms with van der Waals surface area (Å²) in [6.45, 7) is 1.74. The highest BCUT2D eigenvalue weighted by molar-refractivity contribution is 5.83. The monoisotopic (exact) mass is 255 g/mol. The van der Waals surface area contributed by atoms with Gasteiger partial charge in [-0.15, -0.1) is 0 Å². The topological polar surface area (TPSA) is 58.5 Å². The molecule has 0 aliphatic carbocycles. The first-order valence-corrected chi connectivity index (χ1v) is 6.43. The molecule has 0 aliphatic rings. The quantitative estimate of drug-likeness (QED) is 0.727. The molecule has 1 aromatic carbocycles. The zero-order valence-corrected chi connectivity index (χ0v) is 10.9. The van der Waals surface area contributed by atoms with Gasteiger partial charge in [-0.05, 0) is 43.3 Å². The number of nitrogens with one attached hydrogen (secondary N) is 2. The van der Waals surface area contributed by atoms with Gasteiger partial charge in [0, 0.05) is 17.1 Å². The van der Waals surface area contributed by atoms with Crippen molar-refractivity contribution >= 4 is 10.9 Å². The van der Waals surface area contributed by atoms with E-state index in [9.17, 15) is 0 Å². The second-order valence-electron chi connectivity index (χ2n) is 4.64. The predicted octanol–water partition coefficient (Wildman–Crippen LogP) is 1.57. The maximum atomic E-state index is 4.14. The molecule has 2 N–H and O–H groups in total. The molecule has 5 nitrogen and oxygen atoms in total. The van der Waals surface area contributed by atoms with E-state index in [1.165, 1.54) is 22.0 Å². The smallest absolute Gasteiger partial charge is 0.137 e. The molecular formula is C14H17N5. The van der Waals surface area contributed by atoms with Crippen LogP contribution in [0.2, 0.25) is 0 Å². The molecule has 0 atom stereocenters. The Balaban J connectivity index is 1.90. The lowest BCUT2D eigenvalue weighted by Crippen LogP contribution is -2.09. The third kappa shape index (κ3) is 2.51. The number of aromatic nitrogens is 4. The summed E-state index contributed by atoms with van der Waals surface area (Å²) in [7, 11) is 1.98. The van der Waals surface area contributed by atoms with E-state index in [1.54, 1.807) is 12.7 Å². The van der Waals surface area contributed by atoms with Gasteiger partial charge in [0.15, 0.2) is 0 Å². The van der Waals surface area contributed by atoms with Gasteiger partial charge in [-0.2, -0.15) is 5.10 Å². The second-order valence-corrected chi connectivity index (χ2v) is 4.64. The Hall–Kier alpha value is -2.14. The Bertz CT molecular complexity index is 654. The lowest BCUT2D eigenvalue weighted by molar-refractivity contribution is 0.685. The van der Waals surface area contributed by atoms with Gasteiger partial charge < -0.3 is 10.3 Å². The first-order chi connectivity index (χ1) is 9.36. The minimum Gasteiger partial charge on any atom is -0.361 e. The van der Waals surface area contributed by atoms with Gasteiger partial charge >= 0.3 is 0 Å². The highest BCUT2D eigenvalue weighted by atomic mass is 15.3. The van der Waals surface area contributed by atoms with Crippen LogP contribution in [0.15, 0.2) is 37.1 Å². The van der Waals surface area contributed by atoms with Crippen LogP contribution >= 0.6 is 0 Å².